The van der Waals surface area contributed by atoms with Crippen molar-refractivity contribution in [3.8, 4) is 67.5 Å². The van der Waals surface area contributed by atoms with Gasteiger partial charge in [-0.05, 0) is 33.9 Å². The number of nitrogens with zero attached hydrogens (tertiary/aromatic N) is 3. The Morgan fingerprint density at radius 1 is 0.286 bits per heavy atom. The fourth-order valence-corrected chi connectivity index (χ4v) is 6.42. The van der Waals surface area contributed by atoms with Crippen LogP contribution in [-0.4, -0.2) is 15.0 Å². The quantitative estimate of drug-likeness (QED) is 0.184. The third kappa shape index (κ3) is 5.45. The summed E-state index contributed by atoms with van der Waals surface area (Å²) >= 11 is 0. The Morgan fingerprint density at radius 2 is 0.673 bits per heavy atom. The average Bonchev–Trinajstić information content (AvgIpc) is 3.58. The molecule has 0 aliphatic rings. The molecule has 2 heterocycles. The van der Waals surface area contributed by atoms with Gasteiger partial charge in [0, 0.05) is 33.0 Å². The summed E-state index contributed by atoms with van der Waals surface area (Å²) in [5, 5.41) is 2.27. The maximum Gasteiger partial charge on any atom is 0.164 e. The Balaban J connectivity index is 1.03. The van der Waals surface area contributed by atoms with Crippen LogP contribution in [0.3, 0.4) is 0 Å². The summed E-state index contributed by atoms with van der Waals surface area (Å²) in [4.78, 5) is 14.8. The summed E-state index contributed by atoms with van der Waals surface area (Å²) in [6.45, 7) is 0. The highest BCUT2D eigenvalue weighted by molar-refractivity contribution is 6.09. The van der Waals surface area contributed by atoms with Crippen LogP contribution < -0.4 is 0 Å². The summed E-state index contributed by atoms with van der Waals surface area (Å²) in [6, 6.07) is 60.5. The Kier molecular flexibility index (Phi) is 7.10. The predicted molar refractivity (Wildman–Crippen MR) is 200 cm³/mol. The zero-order valence-electron chi connectivity index (χ0n) is 26.5. The van der Waals surface area contributed by atoms with Gasteiger partial charge in [-0.1, -0.05) is 170 Å². The first kappa shape index (κ1) is 28.6. The van der Waals surface area contributed by atoms with E-state index in [1.807, 2.05) is 48.5 Å². The maximum absolute atomic E-state index is 6.29. The Bertz CT molecular complexity index is 2560. The molecule has 4 heteroatoms. The summed E-state index contributed by atoms with van der Waals surface area (Å²) in [5.41, 5.74) is 11.4. The molecule has 0 atom stereocenters. The predicted octanol–water partition coefficient (Wildman–Crippen LogP) is 11.8. The highest BCUT2D eigenvalue weighted by Gasteiger charge is 2.14. The summed E-state index contributed by atoms with van der Waals surface area (Å²) < 4.78 is 6.29. The van der Waals surface area contributed by atoms with Crippen LogP contribution >= 0.6 is 0 Å². The van der Waals surface area contributed by atoms with Gasteiger partial charge in [-0.25, -0.2) is 15.0 Å². The molecule has 7 aromatic carbocycles. The molecule has 49 heavy (non-hydrogen) atoms. The third-order valence-corrected chi connectivity index (χ3v) is 8.99. The minimum Gasteiger partial charge on any atom is -0.455 e. The Hall–Kier alpha value is -6.65. The van der Waals surface area contributed by atoms with Gasteiger partial charge in [-0.2, -0.15) is 0 Å². The van der Waals surface area contributed by atoms with Crippen LogP contribution in [-0.2, 0) is 0 Å². The molecule has 0 aliphatic heterocycles. The van der Waals surface area contributed by atoms with Crippen molar-refractivity contribution in [2.24, 2.45) is 0 Å². The van der Waals surface area contributed by atoms with Crippen molar-refractivity contribution >= 4 is 21.9 Å². The van der Waals surface area contributed by atoms with Crippen LogP contribution in [0, 0.1) is 0 Å². The first-order valence-electron chi connectivity index (χ1n) is 16.4. The molecule has 0 fully saturated rings. The zero-order chi connectivity index (χ0) is 32.6. The van der Waals surface area contributed by atoms with E-state index in [0.717, 1.165) is 66.4 Å². The van der Waals surface area contributed by atoms with Crippen molar-refractivity contribution in [2.45, 2.75) is 0 Å². The largest absolute Gasteiger partial charge is 0.455 e. The SMILES string of the molecule is c1ccc(-c2ccc(-c3nc(-c4ccccc4)nc(-c4ccc(-c5ccc(-c6cccc7c6oc6ccccc67)cc5)cc4)n3)cc2)cc1. The molecule has 0 spiro atoms. The summed E-state index contributed by atoms with van der Waals surface area (Å²) in [6.07, 6.45) is 0. The van der Waals surface area contributed by atoms with Crippen molar-refractivity contribution in [3.05, 3.63) is 176 Å². The highest BCUT2D eigenvalue weighted by atomic mass is 16.3. The Morgan fingerprint density at radius 3 is 1.22 bits per heavy atom. The number of para-hydroxylation sites is 2. The van der Waals surface area contributed by atoms with Gasteiger partial charge in [0.25, 0.3) is 0 Å². The molecule has 0 saturated carbocycles. The first-order valence-corrected chi connectivity index (χ1v) is 16.4. The number of fused-ring (bicyclic) bond motifs is 3. The molecule has 0 N–H and O–H groups in total. The third-order valence-electron chi connectivity index (χ3n) is 8.99. The van der Waals surface area contributed by atoms with Gasteiger partial charge in [-0.15, -0.1) is 0 Å². The molecular weight excluding hydrogens is 599 g/mol. The molecule has 4 nitrogen and oxygen atoms in total. The second-order valence-electron chi connectivity index (χ2n) is 12.1. The normalized spacial score (nSPS) is 11.3. The van der Waals surface area contributed by atoms with Gasteiger partial charge >= 0.3 is 0 Å². The molecule has 9 aromatic rings. The number of hydrogen-bond donors (Lipinski definition) is 0. The van der Waals surface area contributed by atoms with E-state index in [1.165, 1.54) is 5.56 Å². The van der Waals surface area contributed by atoms with E-state index in [4.69, 9.17) is 19.4 Å². The lowest BCUT2D eigenvalue weighted by Crippen LogP contribution is -2.00. The minimum absolute atomic E-state index is 0.636. The van der Waals surface area contributed by atoms with Crippen LogP contribution in [0.5, 0.6) is 0 Å². The van der Waals surface area contributed by atoms with E-state index in [1.54, 1.807) is 0 Å². The Labute approximate surface area is 284 Å². The van der Waals surface area contributed by atoms with E-state index in [0.29, 0.717) is 17.5 Å². The van der Waals surface area contributed by atoms with Crippen LogP contribution in [0.1, 0.15) is 0 Å². The molecule has 2 aromatic heterocycles. The van der Waals surface area contributed by atoms with Gasteiger partial charge < -0.3 is 4.42 Å². The summed E-state index contributed by atoms with van der Waals surface area (Å²) in [7, 11) is 0. The van der Waals surface area contributed by atoms with Gasteiger partial charge in [0.1, 0.15) is 11.2 Å². The number of furan rings is 1. The van der Waals surface area contributed by atoms with E-state index in [9.17, 15) is 0 Å². The molecule has 0 unspecified atom stereocenters. The van der Waals surface area contributed by atoms with Gasteiger partial charge in [0.2, 0.25) is 0 Å². The lowest BCUT2D eigenvalue weighted by Gasteiger charge is -2.10. The second-order valence-corrected chi connectivity index (χ2v) is 12.1. The van der Waals surface area contributed by atoms with Crippen LogP contribution in [0.4, 0.5) is 0 Å². The molecule has 9 rings (SSSR count). The van der Waals surface area contributed by atoms with Crippen LogP contribution in [0.25, 0.3) is 89.5 Å². The van der Waals surface area contributed by atoms with Crippen molar-refractivity contribution in [1.29, 1.82) is 0 Å². The standard InChI is InChI=1S/C45H29N3O/c1-3-10-30(11-4-1)31-20-26-36(27-21-31)44-46-43(35-12-5-2-6-13-35)47-45(48-44)37-28-22-33(23-29-37)32-18-24-34(25-19-32)38-15-9-16-40-39-14-7-8-17-41(39)49-42(38)40/h1-29H. The molecular formula is C45H29N3O. The monoisotopic (exact) mass is 627 g/mol. The molecule has 0 amide bonds. The van der Waals surface area contributed by atoms with Crippen molar-refractivity contribution in [2.75, 3.05) is 0 Å². The van der Waals surface area contributed by atoms with E-state index >= 15 is 0 Å². The lowest BCUT2D eigenvalue weighted by atomic mass is 9.98. The topological polar surface area (TPSA) is 51.8 Å². The number of hydrogen-bond acceptors (Lipinski definition) is 4. The second kappa shape index (κ2) is 12.2. The summed E-state index contributed by atoms with van der Waals surface area (Å²) in [5.74, 6) is 1.92. The van der Waals surface area contributed by atoms with Gasteiger partial charge in [0.05, 0.1) is 0 Å². The minimum atomic E-state index is 0.636. The molecule has 0 radical (unpaired) electrons. The number of aromatic nitrogens is 3. The van der Waals surface area contributed by atoms with E-state index < -0.39 is 0 Å². The van der Waals surface area contributed by atoms with Crippen molar-refractivity contribution < 1.29 is 4.42 Å². The maximum atomic E-state index is 6.29. The van der Waals surface area contributed by atoms with Gasteiger partial charge in [0.15, 0.2) is 17.5 Å². The zero-order valence-corrected chi connectivity index (χ0v) is 26.5. The van der Waals surface area contributed by atoms with E-state index in [-0.39, 0.29) is 0 Å². The van der Waals surface area contributed by atoms with Crippen molar-refractivity contribution in [1.82, 2.24) is 15.0 Å². The molecule has 230 valence electrons. The highest BCUT2D eigenvalue weighted by Crippen LogP contribution is 2.36. The lowest BCUT2D eigenvalue weighted by molar-refractivity contribution is 0.670. The van der Waals surface area contributed by atoms with Gasteiger partial charge in [-0.3, -0.25) is 0 Å². The van der Waals surface area contributed by atoms with Crippen LogP contribution in [0.15, 0.2) is 180 Å². The number of rotatable bonds is 6. The van der Waals surface area contributed by atoms with E-state index in [2.05, 4.69) is 127 Å². The van der Waals surface area contributed by atoms with Crippen LogP contribution in [0.2, 0.25) is 0 Å². The molecule has 0 bridgehead atoms. The van der Waals surface area contributed by atoms with Crippen molar-refractivity contribution in [3.63, 3.8) is 0 Å². The molecule has 0 aliphatic carbocycles. The smallest absolute Gasteiger partial charge is 0.164 e. The molecule has 0 saturated heterocycles. The number of benzene rings is 7. The fraction of sp³-hybridized carbons (Fsp3) is 0. The first-order chi connectivity index (χ1) is 24.3. The average molecular weight is 628 g/mol. The fourth-order valence-electron chi connectivity index (χ4n) is 6.42.